The van der Waals surface area contributed by atoms with E-state index in [-0.39, 0.29) is 0 Å². The van der Waals surface area contributed by atoms with Crippen molar-refractivity contribution in [1.29, 1.82) is 0 Å². The first-order valence-electron chi connectivity index (χ1n) is 6.13. The Morgan fingerprint density at radius 3 is 2.26 bits per heavy atom. The summed E-state index contributed by atoms with van der Waals surface area (Å²) in [6, 6.07) is 10.1. The molecular formula is C15H14N4. The molecule has 0 spiro atoms. The van der Waals surface area contributed by atoms with Gasteiger partial charge in [-0.1, -0.05) is 0 Å². The second-order valence-corrected chi connectivity index (χ2v) is 4.45. The van der Waals surface area contributed by atoms with Crippen LogP contribution in [0, 0.1) is 13.8 Å². The Balaban J connectivity index is 2.00. The fourth-order valence-corrected chi connectivity index (χ4v) is 2.16. The average Bonchev–Trinajstić information content (AvgIpc) is 2.79. The van der Waals surface area contributed by atoms with Gasteiger partial charge in [-0.15, -0.1) is 0 Å². The molecule has 3 heterocycles. The van der Waals surface area contributed by atoms with Crippen molar-refractivity contribution in [3.8, 4) is 17.1 Å². The highest BCUT2D eigenvalue weighted by atomic mass is 15.1. The SMILES string of the molecule is Cc1ccc(C)n1-c1ccc(-c2ccncn2)cn1. The lowest BCUT2D eigenvalue weighted by Crippen LogP contribution is -2.01. The van der Waals surface area contributed by atoms with Crippen LogP contribution in [0.15, 0.2) is 49.1 Å². The van der Waals surface area contributed by atoms with E-state index >= 15 is 0 Å². The van der Waals surface area contributed by atoms with Crippen molar-refractivity contribution in [1.82, 2.24) is 19.5 Å². The highest BCUT2D eigenvalue weighted by molar-refractivity contribution is 5.58. The summed E-state index contributed by atoms with van der Waals surface area (Å²) in [5.41, 5.74) is 4.24. The second kappa shape index (κ2) is 4.65. The molecule has 4 nitrogen and oxygen atoms in total. The summed E-state index contributed by atoms with van der Waals surface area (Å²) < 4.78 is 2.13. The first kappa shape index (κ1) is 11.6. The minimum Gasteiger partial charge on any atom is -0.303 e. The van der Waals surface area contributed by atoms with E-state index in [1.165, 1.54) is 11.4 Å². The minimum absolute atomic E-state index is 0.884. The van der Waals surface area contributed by atoms with Crippen molar-refractivity contribution >= 4 is 0 Å². The summed E-state index contributed by atoms with van der Waals surface area (Å²) in [5.74, 6) is 0.929. The summed E-state index contributed by atoms with van der Waals surface area (Å²) in [6.45, 7) is 4.15. The summed E-state index contributed by atoms with van der Waals surface area (Å²) in [6.07, 6.45) is 5.12. The van der Waals surface area contributed by atoms with E-state index in [4.69, 9.17) is 0 Å². The zero-order valence-corrected chi connectivity index (χ0v) is 10.9. The Hall–Kier alpha value is -2.49. The van der Waals surface area contributed by atoms with Crippen LogP contribution in [0.3, 0.4) is 0 Å². The van der Waals surface area contributed by atoms with Gasteiger partial charge in [0.15, 0.2) is 0 Å². The third kappa shape index (κ3) is 2.12. The molecule has 0 unspecified atom stereocenters. The van der Waals surface area contributed by atoms with Crippen LogP contribution in [0.2, 0.25) is 0 Å². The van der Waals surface area contributed by atoms with Gasteiger partial charge in [0.1, 0.15) is 12.1 Å². The standard InChI is InChI=1S/C15H14N4/c1-11-3-4-12(2)19(11)15-6-5-13(9-17-15)14-7-8-16-10-18-14/h3-10H,1-2H3. The average molecular weight is 250 g/mol. The molecule has 0 aliphatic carbocycles. The summed E-state index contributed by atoms with van der Waals surface area (Å²) >= 11 is 0. The van der Waals surface area contributed by atoms with E-state index in [9.17, 15) is 0 Å². The molecule has 0 aromatic carbocycles. The van der Waals surface area contributed by atoms with Gasteiger partial charge in [-0.25, -0.2) is 15.0 Å². The van der Waals surface area contributed by atoms with E-state index in [1.807, 2.05) is 24.4 Å². The second-order valence-electron chi connectivity index (χ2n) is 4.45. The lowest BCUT2D eigenvalue weighted by atomic mass is 10.2. The number of rotatable bonds is 2. The molecule has 0 saturated carbocycles. The Morgan fingerprint density at radius 1 is 0.895 bits per heavy atom. The molecule has 0 amide bonds. The van der Waals surface area contributed by atoms with Gasteiger partial charge in [-0.3, -0.25) is 0 Å². The molecular weight excluding hydrogens is 236 g/mol. The molecule has 3 rings (SSSR count). The molecule has 0 bridgehead atoms. The van der Waals surface area contributed by atoms with E-state index in [2.05, 4.69) is 45.5 Å². The lowest BCUT2D eigenvalue weighted by molar-refractivity contribution is 0.922. The van der Waals surface area contributed by atoms with Gasteiger partial charge in [-0.05, 0) is 44.2 Å². The molecule has 0 fully saturated rings. The van der Waals surface area contributed by atoms with Crippen molar-refractivity contribution in [2.75, 3.05) is 0 Å². The number of hydrogen-bond acceptors (Lipinski definition) is 3. The maximum Gasteiger partial charge on any atom is 0.137 e. The quantitative estimate of drug-likeness (QED) is 0.702. The molecule has 0 aliphatic heterocycles. The van der Waals surface area contributed by atoms with E-state index < -0.39 is 0 Å². The Morgan fingerprint density at radius 2 is 1.68 bits per heavy atom. The molecule has 0 aliphatic rings. The van der Waals surface area contributed by atoms with Gasteiger partial charge in [-0.2, -0.15) is 0 Å². The van der Waals surface area contributed by atoms with Gasteiger partial charge in [0.2, 0.25) is 0 Å². The van der Waals surface area contributed by atoms with E-state index in [0.29, 0.717) is 0 Å². The van der Waals surface area contributed by atoms with Gasteiger partial charge >= 0.3 is 0 Å². The summed E-state index contributed by atoms with van der Waals surface area (Å²) in [4.78, 5) is 12.7. The van der Waals surface area contributed by atoms with Gasteiger partial charge in [0.25, 0.3) is 0 Å². The first-order chi connectivity index (χ1) is 9.25. The zero-order valence-electron chi connectivity index (χ0n) is 10.9. The van der Waals surface area contributed by atoms with Crippen LogP contribution in [0.25, 0.3) is 17.1 Å². The predicted octanol–water partition coefficient (Wildman–Crippen LogP) is 2.95. The van der Waals surface area contributed by atoms with Gasteiger partial charge < -0.3 is 4.57 Å². The Labute approximate surface area is 111 Å². The van der Waals surface area contributed by atoms with Crippen molar-refractivity contribution in [3.63, 3.8) is 0 Å². The zero-order chi connectivity index (χ0) is 13.2. The van der Waals surface area contributed by atoms with E-state index in [1.54, 1.807) is 12.5 Å². The summed E-state index contributed by atoms with van der Waals surface area (Å²) in [5, 5.41) is 0. The topological polar surface area (TPSA) is 43.6 Å². The van der Waals surface area contributed by atoms with Crippen LogP contribution >= 0.6 is 0 Å². The van der Waals surface area contributed by atoms with Crippen LogP contribution in [0.1, 0.15) is 11.4 Å². The van der Waals surface area contributed by atoms with Crippen molar-refractivity contribution < 1.29 is 0 Å². The number of aryl methyl sites for hydroxylation is 2. The van der Waals surface area contributed by atoms with Crippen LogP contribution in [0.4, 0.5) is 0 Å². The number of hydrogen-bond donors (Lipinski definition) is 0. The fraction of sp³-hybridized carbons (Fsp3) is 0.133. The molecule has 4 heteroatoms. The van der Waals surface area contributed by atoms with Gasteiger partial charge in [0.05, 0.1) is 5.69 Å². The molecule has 0 N–H and O–H groups in total. The highest BCUT2D eigenvalue weighted by Crippen LogP contribution is 2.18. The third-order valence-electron chi connectivity index (χ3n) is 3.13. The van der Waals surface area contributed by atoms with Crippen molar-refractivity contribution in [2.45, 2.75) is 13.8 Å². The van der Waals surface area contributed by atoms with Crippen LogP contribution < -0.4 is 0 Å². The molecule has 0 radical (unpaired) electrons. The third-order valence-corrected chi connectivity index (χ3v) is 3.13. The van der Waals surface area contributed by atoms with E-state index in [0.717, 1.165) is 17.1 Å². The normalized spacial score (nSPS) is 10.6. The smallest absolute Gasteiger partial charge is 0.137 e. The maximum absolute atomic E-state index is 4.52. The van der Waals surface area contributed by atoms with Crippen LogP contribution in [-0.2, 0) is 0 Å². The van der Waals surface area contributed by atoms with Crippen LogP contribution in [-0.4, -0.2) is 19.5 Å². The van der Waals surface area contributed by atoms with Crippen molar-refractivity contribution in [2.24, 2.45) is 0 Å². The predicted molar refractivity (Wildman–Crippen MR) is 74.1 cm³/mol. The highest BCUT2D eigenvalue weighted by Gasteiger charge is 2.05. The lowest BCUT2D eigenvalue weighted by Gasteiger charge is -2.08. The molecule has 3 aromatic rings. The number of aromatic nitrogens is 4. The first-order valence-corrected chi connectivity index (χ1v) is 6.13. The largest absolute Gasteiger partial charge is 0.303 e. The van der Waals surface area contributed by atoms with Gasteiger partial charge in [0, 0.05) is 29.3 Å². The molecule has 0 atom stereocenters. The number of nitrogens with zero attached hydrogens (tertiary/aromatic N) is 4. The Kier molecular flexibility index (Phi) is 2.83. The molecule has 19 heavy (non-hydrogen) atoms. The van der Waals surface area contributed by atoms with Crippen molar-refractivity contribution in [3.05, 3.63) is 60.4 Å². The summed E-state index contributed by atoms with van der Waals surface area (Å²) in [7, 11) is 0. The molecule has 3 aromatic heterocycles. The monoisotopic (exact) mass is 250 g/mol. The Bertz CT molecular complexity index is 664. The maximum atomic E-state index is 4.52. The van der Waals surface area contributed by atoms with Crippen LogP contribution in [0.5, 0.6) is 0 Å². The molecule has 0 saturated heterocycles. The minimum atomic E-state index is 0.884. The number of pyridine rings is 1. The molecule has 94 valence electrons. The fourth-order valence-electron chi connectivity index (χ4n) is 2.16.